The Labute approximate surface area is 128 Å². The molecule has 0 aromatic heterocycles. The molecule has 0 aliphatic carbocycles. The van der Waals surface area contributed by atoms with Gasteiger partial charge in [0.1, 0.15) is 0 Å². The SMILES string of the molecule is COCCCC(N)CN1CCN(C)CC1c1ccccc1. The van der Waals surface area contributed by atoms with Crippen LogP contribution in [0.25, 0.3) is 0 Å². The Morgan fingerprint density at radius 1 is 1.29 bits per heavy atom. The number of benzene rings is 1. The second kappa shape index (κ2) is 8.49. The number of nitrogens with two attached hydrogens (primary N) is 1. The number of nitrogens with zero attached hydrogens (tertiary/aromatic N) is 2. The van der Waals surface area contributed by atoms with E-state index in [1.165, 1.54) is 5.56 Å². The quantitative estimate of drug-likeness (QED) is 0.777. The molecule has 0 radical (unpaired) electrons. The Morgan fingerprint density at radius 2 is 2.05 bits per heavy atom. The van der Waals surface area contributed by atoms with Crippen LogP contribution in [0.2, 0.25) is 0 Å². The predicted octanol–water partition coefficient (Wildman–Crippen LogP) is 1.73. The molecule has 1 heterocycles. The van der Waals surface area contributed by atoms with Gasteiger partial charge in [-0.3, -0.25) is 4.90 Å². The van der Waals surface area contributed by atoms with Crippen molar-refractivity contribution in [1.29, 1.82) is 0 Å². The van der Waals surface area contributed by atoms with Crippen molar-refractivity contribution in [2.45, 2.75) is 24.9 Å². The molecule has 0 amide bonds. The molecule has 2 rings (SSSR count). The average molecular weight is 291 g/mol. The fourth-order valence-electron chi connectivity index (χ4n) is 3.05. The third-order valence-corrected chi connectivity index (χ3v) is 4.27. The first-order valence-electron chi connectivity index (χ1n) is 7.92. The minimum Gasteiger partial charge on any atom is -0.385 e. The van der Waals surface area contributed by atoms with Crippen LogP contribution in [-0.2, 0) is 4.74 Å². The van der Waals surface area contributed by atoms with Gasteiger partial charge in [0.15, 0.2) is 0 Å². The fraction of sp³-hybridized carbons (Fsp3) is 0.647. The summed E-state index contributed by atoms with van der Waals surface area (Å²) < 4.78 is 5.11. The van der Waals surface area contributed by atoms with Gasteiger partial charge in [0.05, 0.1) is 0 Å². The molecule has 1 aromatic carbocycles. The van der Waals surface area contributed by atoms with Crippen LogP contribution in [0.5, 0.6) is 0 Å². The molecule has 2 N–H and O–H groups in total. The first-order chi connectivity index (χ1) is 10.2. The van der Waals surface area contributed by atoms with E-state index in [9.17, 15) is 0 Å². The third kappa shape index (κ3) is 5.08. The first-order valence-corrected chi connectivity index (χ1v) is 7.92. The minimum atomic E-state index is 0.231. The average Bonchev–Trinajstić information content (AvgIpc) is 2.50. The van der Waals surface area contributed by atoms with Crippen molar-refractivity contribution < 1.29 is 4.74 Å². The molecule has 2 atom stereocenters. The second-order valence-electron chi connectivity index (χ2n) is 6.08. The third-order valence-electron chi connectivity index (χ3n) is 4.27. The molecule has 2 unspecified atom stereocenters. The number of rotatable bonds is 7. The Kier molecular flexibility index (Phi) is 6.64. The molecular weight excluding hydrogens is 262 g/mol. The van der Waals surface area contributed by atoms with Crippen molar-refractivity contribution in [3.05, 3.63) is 35.9 Å². The summed E-state index contributed by atoms with van der Waals surface area (Å²) in [5.74, 6) is 0. The van der Waals surface area contributed by atoms with Crippen LogP contribution in [0.3, 0.4) is 0 Å². The topological polar surface area (TPSA) is 41.7 Å². The van der Waals surface area contributed by atoms with E-state index in [1.54, 1.807) is 7.11 Å². The van der Waals surface area contributed by atoms with Crippen molar-refractivity contribution >= 4 is 0 Å². The lowest BCUT2D eigenvalue weighted by molar-refractivity contribution is 0.0822. The molecule has 118 valence electrons. The lowest BCUT2D eigenvalue weighted by Gasteiger charge is -2.41. The summed E-state index contributed by atoms with van der Waals surface area (Å²) in [7, 11) is 3.95. The molecule has 1 aliphatic heterocycles. The highest BCUT2D eigenvalue weighted by Crippen LogP contribution is 2.24. The highest BCUT2D eigenvalue weighted by atomic mass is 16.5. The highest BCUT2D eigenvalue weighted by molar-refractivity contribution is 5.20. The lowest BCUT2D eigenvalue weighted by Crippen LogP contribution is -2.50. The smallest absolute Gasteiger partial charge is 0.0476 e. The van der Waals surface area contributed by atoms with Gasteiger partial charge in [-0.15, -0.1) is 0 Å². The largest absolute Gasteiger partial charge is 0.385 e. The van der Waals surface area contributed by atoms with Crippen LogP contribution in [0, 0.1) is 0 Å². The van der Waals surface area contributed by atoms with E-state index in [-0.39, 0.29) is 6.04 Å². The summed E-state index contributed by atoms with van der Waals surface area (Å²) in [4.78, 5) is 4.96. The normalized spacial score (nSPS) is 22.3. The first kappa shape index (κ1) is 16.4. The van der Waals surface area contributed by atoms with Gasteiger partial charge >= 0.3 is 0 Å². The molecular formula is C17H29N3O. The summed E-state index contributed by atoms with van der Waals surface area (Å²) in [5.41, 5.74) is 7.71. The van der Waals surface area contributed by atoms with Gasteiger partial charge in [-0.25, -0.2) is 0 Å². The van der Waals surface area contributed by atoms with E-state index >= 15 is 0 Å². The summed E-state index contributed by atoms with van der Waals surface area (Å²) in [5, 5.41) is 0. The molecule has 21 heavy (non-hydrogen) atoms. The Hall–Kier alpha value is -0.940. The number of piperazine rings is 1. The standard InChI is InChI=1S/C17H29N3O/c1-19-10-11-20(13-16(18)9-6-12-21-2)17(14-19)15-7-4-3-5-8-15/h3-5,7-8,16-17H,6,9-14,18H2,1-2H3. The van der Waals surface area contributed by atoms with Gasteiger partial charge in [-0.05, 0) is 25.5 Å². The van der Waals surface area contributed by atoms with Gasteiger partial charge in [0.2, 0.25) is 0 Å². The summed E-state index contributed by atoms with van der Waals surface area (Å²) in [6.07, 6.45) is 2.07. The maximum Gasteiger partial charge on any atom is 0.0476 e. The maximum atomic E-state index is 6.31. The zero-order chi connectivity index (χ0) is 15.1. The number of likely N-dealkylation sites (N-methyl/N-ethyl adjacent to an activating group) is 1. The van der Waals surface area contributed by atoms with Crippen molar-refractivity contribution in [3.63, 3.8) is 0 Å². The van der Waals surface area contributed by atoms with Crippen LogP contribution < -0.4 is 5.73 Å². The van der Waals surface area contributed by atoms with Crippen molar-refractivity contribution in [1.82, 2.24) is 9.80 Å². The lowest BCUT2D eigenvalue weighted by atomic mass is 10.0. The number of ether oxygens (including phenoxy) is 1. The van der Waals surface area contributed by atoms with Crippen molar-refractivity contribution in [2.24, 2.45) is 5.73 Å². The van der Waals surface area contributed by atoms with Crippen LogP contribution in [0.15, 0.2) is 30.3 Å². The number of hydrogen-bond acceptors (Lipinski definition) is 4. The Morgan fingerprint density at radius 3 is 2.76 bits per heavy atom. The molecule has 1 aliphatic rings. The van der Waals surface area contributed by atoms with Crippen LogP contribution >= 0.6 is 0 Å². The van der Waals surface area contributed by atoms with Gasteiger partial charge in [-0.1, -0.05) is 30.3 Å². The summed E-state index contributed by atoms with van der Waals surface area (Å²) in [6.45, 7) is 5.06. The highest BCUT2D eigenvalue weighted by Gasteiger charge is 2.27. The van der Waals surface area contributed by atoms with Crippen molar-refractivity contribution in [3.8, 4) is 0 Å². The zero-order valence-corrected chi connectivity index (χ0v) is 13.4. The van der Waals surface area contributed by atoms with Gasteiger partial charge in [0.25, 0.3) is 0 Å². The predicted molar refractivity (Wildman–Crippen MR) is 87.3 cm³/mol. The number of methoxy groups -OCH3 is 1. The minimum absolute atomic E-state index is 0.231. The van der Waals surface area contributed by atoms with Crippen molar-refractivity contribution in [2.75, 3.05) is 46.9 Å². The number of hydrogen-bond donors (Lipinski definition) is 1. The molecule has 0 saturated carbocycles. The molecule has 1 aromatic rings. The summed E-state index contributed by atoms with van der Waals surface area (Å²) >= 11 is 0. The maximum absolute atomic E-state index is 6.31. The molecule has 1 fully saturated rings. The van der Waals surface area contributed by atoms with Gasteiger partial charge in [-0.2, -0.15) is 0 Å². The van der Waals surface area contributed by atoms with Crippen LogP contribution in [-0.4, -0.2) is 62.8 Å². The molecule has 0 bridgehead atoms. The van der Waals surface area contributed by atoms with E-state index in [2.05, 4.69) is 47.2 Å². The Bertz CT molecular complexity index is 398. The molecule has 1 saturated heterocycles. The second-order valence-corrected chi connectivity index (χ2v) is 6.08. The van der Waals surface area contributed by atoms with Crippen LogP contribution in [0.1, 0.15) is 24.4 Å². The fourth-order valence-corrected chi connectivity index (χ4v) is 3.05. The zero-order valence-electron chi connectivity index (χ0n) is 13.4. The van der Waals surface area contributed by atoms with E-state index in [0.29, 0.717) is 6.04 Å². The van der Waals surface area contributed by atoms with E-state index in [1.807, 2.05) is 0 Å². The molecule has 4 nitrogen and oxygen atoms in total. The summed E-state index contributed by atoms with van der Waals surface area (Å²) in [6, 6.07) is 11.5. The van der Waals surface area contributed by atoms with E-state index in [0.717, 1.165) is 45.6 Å². The van der Waals surface area contributed by atoms with Crippen LogP contribution in [0.4, 0.5) is 0 Å². The Balaban J connectivity index is 1.95. The molecule has 4 heteroatoms. The monoisotopic (exact) mass is 291 g/mol. The molecule has 0 spiro atoms. The van der Waals surface area contributed by atoms with E-state index < -0.39 is 0 Å². The van der Waals surface area contributed by atoms with E-state index in [4.69, 9.17) is 10.5 Å². The van der Waals surface area contributed by atoms with Gasteiger partial charge in [0, 0.05) is 52.0 Å². The van der Waals surface area contributed by atoms with Gasteiger partial charge < -0.3 is 15.4 Å².